The molecule has 0 bridgehead atoms. The van der Waals surface area contributed by atoms with Gasteiger partial charge in [-0.3, -0.25) is 4.79 Å². The smallest absolute Gasteiger partial charge is 0.357 e. The van der Waals surface area contributed by atoms with E-state index in [9.17, 15) is 18.0 Å². The molecule has 0 saturated heterocycles. The molecule has 0 aliphatic heterocycles. The number of guanidine groups is 1. The van der Waals surface area contributed by atoms with E-state index in [-0.39, 0.29) is 5.56 Å². The molecule has 30 heavy (non-hydrogen) atoms. The predicted octanol–water partition coefficient (Wildman–Crippen LogP) is 3.77. The molecule has 1 amide bonds. The zero-order valence-electron chi connectivity index (χ0n) is 17.1. The third-order valence-electron chi connectivity index (χ3n) is 4.06. The van der Waals surface area contributed by atoms with Crippen molar-refractivity contribution in [2.24, 2.45) is 4.99 Å². The fourth-order valence-corrected chi connectivity index (χ4v) is 3.30. The summed E-state index contributed by atoms with van der Waals surface area (Å²) in [6.45, 7) is 7.96. The summed E-state index contributed by atoms with van der Waals surface area (Å²) in [5.74, 6) is 0.539. The maximum absolute atomic E-state index is 12.6. The Morgan fingerprint density at radius 1 is 1.13 bits per heavy atom. The van der Waals surface area contributed by atoms with Crippen molar-refractivity contribution in [1.29, 1.82) is 0 Å². The van der Waals surface area contributed by atoms with Gasteiger partial charge < -0.3 is 16.0 Å². The number of amides is 1. The van der Waals surface area contributed by atoms with Gasteiger partial charge in [-0.15, -0.1) is 11.3 Å². The monoisotopic (exact) mass is 441 g/mol. The average Bonchev–Trinajstić information content (AvgIpc) is 3.18. The van der Waals surface area contributed by atoms with Crippen molar-refractivity contribution in [3.8, 4) is 0 Å². The van der Waals surface area contributed by atoms with Crippen molar-refractivity contribution in [2.45, 2.75) is 39.4 Å². The van der Waals surface area contributed by atoms with Crippen molar-refractivity contribution >= 4 is 23.2 Å². The molecule has 6 nitrogen and oxygen atoms in total. The molecular weight excluding hydrogens is 415 g/mol. The molecule has 1 heterocycles. The highest BCUT2D eigenvalue weighted by Crippen LogP contribution is 2.29. The number of benzene rings is 1. The number of nitrogens with one attached hydrogen (secondary N) is 3. The molecule has 2 aromatic rings. The van der Waals surface area contributed by atoms with Gasteiger partial charge in [0.25, 0.3) is 5.91 Å². The Hall–Kier alpha value is -2.62. The summed E-state index contributed by atoms with van der Waals surface area (Å²) in [5, 5.41) is 11.9. The number of thiazole rings is 1. The molecule has 0 aliphatic rings. The van der Waals surface area contributed by atoms with Crippen molar-refractivity contribution in [3.05, 3.63) is 51.5 Å². The van der Waals surface area contributed by atoms with Crippen LogP contribution in [-0.2, 0) is 12.7 Å². The fraction of sp³-hybridized carbons (Fsp3) is 0.450. The van der Waals surface area contributed by atoms with E-state index < -0.39 is 17.6 Å². The van der Waals surface area contributed by atoms with Crippen LogP contribution in [0.5, 0.6) is 0 Å². The molecule has 1 aromatic heterocycles. The minimum atomic E-state index is -4.42. The van der Waals surface area contributed by atoms with E-state index in [1.165, 1.54) is 0 Å². The lowest BCUT2D eigenvalue weighted by atomic mass is 10.1. The second-order valence-electron chi connectivity index (χ2n) is 6.77. The van der Waals surface area contributed by atoms with Gasteiger partial charge in [0.15, 0.2) is 5.96 Å². The van der Waals surface area contributed by atoms with Gasteiger partial charge in [-0.05, 0) is 37.1 Å². The van der Waals surface area contributed by atoms with Gasteiger partial charge in [0, 0.05) is 30.6 Å². The summed E-state index contributed by atoms with van der Waals surface area (Å²) >= 11 is 1.57. The summed E-state index contributed by atoms with van der Waals surface area (Å²) < 4.78 is 37.8. The van der Waals surface area contributed by atoms with Crippen LogP contribution < -0.4 is 16.0 Å². The lowest BCUT2D eigenvalue weighted by Crippen LogP contribution is -2.41. The largest absolute Gasteiger partial charge is 0.416 e. The molecule has 3 N–H and O–H groups in total. The normalized spacial score (nSPS) is 12.2. The molecule has 0 fully saturated rings. The van der Waals surface area contributed by atoms with Crippen LogP contribution in [0.4, 0.5) is 13.2 Å². The van der Waals surface area contributed by atoms with Gasteiger partial charge in [0.05, 0.1) is 17.8 Å². The number of hydrogen-bond donors (Lipinski definition) is 3. The van der Waals surface area contributed by atoms with Gasteiger partial charge in [-0.1, -0.05) is 13.8 Å². The molecule has 10 heteroatoms. The Labute approximate surface area is 178 Å². The van der Waals surface area contributed by atoms with E-state index in [1.54, 1.807) is 11.3 Å². The Morgan fingerprint density at radius 3 is 2.37 bits per heavy atom. The number of carbonyl (C=O) groups excluding carboxylic acids is 1. The summed E-state index contributed by atoms with van der Waals surface area (Å²) in [4.78, 5) is 21.1. The third kappa shape index (κ3) is 7.33. The van der Waals surface area contributed by atoms with Crippen LogP contribution in [0, 0.1) is 0 Å². The van der Waals surface area contributed by atoms with Crippen LogP contribution in [0.25, 0.3) is 0 Å². The van der Waals surface area contributed by atoms with Crippen LogP contribution in [-0.4, -0.2) is 36.5 Å². The van der Waals surface area contributed by atoms with E-state index in [0.29, 0.717) is 38.1 Å². The number of aliphatic imine (C=N–C) groups is 1. The first kappa shape index (κ1) is 23.7. The average molecular weight is 442 g/mol. The molecular formula is C20H26F3N5OS. The zero-order valence-corrected chi connectivity index (χ0v) is 18.0. The number of rotatable bonds is 8. The van der Waals surface area contributed by atoms with E-state index in [2.05, 4.69) is 39.8 Å². The van der Waals surface area contributed by atoms with Crippen LogP contribution in [0.3, 0.4) is 0 Å². The highest BCUT2D eigenvalue weighted by molar-refractivity contribution is 7.09. The molecule has 0 unspecified atom stereocenters. The Kier molecular flexibility index (Phi) is 8.64. The lowest BCUT2D eigenvalue weighted by Gasteiger charge is -2.12. The standard InChI is InChI=1S/C20H26F3N5OS/c1-4-24-19(27-11-17-28-16(12-30-17)13(2)3)26-10-9-25-18(29)14-5-7-15(8-6-14)20(21,22)23/h5-8,12-13H,4,9-11H2,1-3H3,(H,25,29)(H2,24,26,27). The van der Waals surface area contributed by atoms with E-state index in [1.807, 2.05) is 12.3 Å². The first-order valence-corrected chi connectivity index (χ1v) is 10.5. The first-order chi connectivity index (χ1) is 14.2. The van der Waals surface area contributed by atoms with Crippen LogP contribution >= 0.6 is 11.3 Å². The Balaban J connectivity index is 1.81. The van der Waals surface area contributed by atoms with E-state index in [0.717, 1.165) is 35.0 Å². The second kappa shape index (κ2) is 11.0. The minimum absolute atomic E-state index is 0.174. The maximum atomic E-state index is 12.6. The number of alkyl halides is 3. The Morgan fingerprint density at radius 2 is 1.80 bits per heavy atom. The van der Waals surface area contributed by atoms with Crippen molar-refractivity contribution < 1.29 is 18.0 Å². The molecule has 0 radical (unpaired) electrons. The van der Waals surface area contributed by atoms with Gasteiger partial charge in [0.2, 0.25) is 0 Å². The van der Waals surface area contributed by atoms with E-state index in [4.69, 9.17) is 0 Å². The molecule has 0 atom stereocenters. The minimum Gasteiger partial charge on any atom is -0.357 e. The zero-order chi connectivity index (χ0) is 22.1. The van der Waals surface area contributed by atoms with Gasteiger partial charge >= 0.3 is 6.18 Å². The summed E-state index contributed by atoms with van der Waals surface area (Å²) in [6.07, 6.45) is -4.42. The fourth-order valence-electron chi connectivity index (χ4n) is 2.42. The van der Waals surface area contributed by atoms with Crippen molar-refractivity contribution in [2.75, 3.05) is 19.6 Å². The number of aromatic nitrogens is 1. The lowest BCUT2D eigenvalue weighted by molar-refractivity contribution is -0.137. The number of hydrogen-bond acceptors (Lipinski definition) is 4. The molecule has 164 valence electrons. The molecule has 1 aromatic carbocycles. The van der Waals surface area contributed by atoms with Gasteiger partial charge in [0.1, 0.15) is 5.01 Å². The maximum Gasteiger partial charge on any atom is 0.416 e. The van der Waals surface area contributed by atoms with Crippen LogP contribution in [0.1, 0.15) is 53.3 Å². The summed E-state index contributed by atoms with van der Waals surface area (Å²) in [7, 11) is 0. The van der Waals surface area contributed by atoms with Crippen molar-refractivity contribution in [1.82, 2.24) is 20.9 Å². The van der Waals surface area contributed by atoms with Gasteiger partial charge in [-0.25, -0.2) is 9.98 Å². The van der Waals surface area contributed by atoms with Crippen LogP contribution in [0.2, 0.25) is 0 Å². The summed E-state index contributed by atoms with van der Waals surface area (Å²) in [6, 6.07) is 4.12. The van der Waals surface area contributed by atoms with Crippen LogP contribution in [0.15, 0.2) is 34.6 Å². The quantitative estimate of drug-likeness (QED) is 0.331. The number of halogens is 3. The number of carbonyl (C=O) groups is 1. The third-order valence-corrected chi connectivity index (χ3v) is 4.91. The topological polar surface area (TPSA) is 78.4 Å². The second-order valence-corrected chi connectivity index (χ2v) is 7.72. The highest BCUT2D eigenvalue weighted by Gasteiger charge is 2.30. The molecule has 0 aliphatic carbocycles. The summed E-state index contributed by atoms with van der Waals surface area (Å²) in [5.41, 5.74) is 0.440. The first-order valence-electron chi connectivity index (χ1n) is 9.62. The van der Waals surface area contributed by atoms with Crippen molar-refractivity contribution in [3.63, 3.8) is 0 Å². The molecule has 0 spiro atoms. The SMILES string of the molecule is CCNC(=NCc1nc(C(C)C)cs1)NCCNC(=O)c1ccc(C(F)(F)F)cc1. The molecule has 0 saturated carbocycles. The Bertz CT molecular complexity index is 847. The molecule has 2 rings (SSSR count). The highest BCUT2D eigenvalue weighted by atomic mass is 32.1. The number of nitrogens with zero attached hydrogens (tertiary/aromatic N) is 2. The van der Waals surface area contributed by atoms with Gasteiger partial charge in [-0.2, -0.15) is 13.2 Å². The predicted molar refractivity (Wildman–Crippen MR) is 113 cm³/mol. The van der Waals surface area contributed by atoms with E-state index >= 15 is 0 Å².